The number of carbonyl (C=O) groups excluding carboxylic acids is 1. The lowest BCUT2D eigenvalue weighted by Gasteiger charge is -2.36. The van der Waals surface area contributed by atoms with Gasteiger partial charge < -0.3 is 14.5 Å². The first kappa shape index (κ1) is 22.4. The van der Waals surface area contributed by atoms with Crippen LogP contribution in [0.5, 0.6) is 0 Å². The average Bonchev–Trinajstić information content (AvgIpc) is 3.37. The van der Waals surface area contributed by atoms with E-state index in [0.717, 1.165) is 60.0 Å². The fourth-order valence-corrected chi connectivity index (χ4v) is 5.27. The average molecular weight is 470 g/mol. The molecule has 1 fully saturated rings. The fraction of sp³-hybridized carbons (Fsp3) is 0.560. The zero-order valence-electron chi connectivity index (χ0n) is 19.8. The molecule has 33 heavy (non-hydrogen) atoms. The van der Waals surface area contributed by atoms with Crippen molar-refractivity contribution in [3.8, 4) is 0 Å². The van der Waals surface area contributed by atoms with Crippen LogP contribution in [-0.2, 0) is 22.6 Å². The van der Waals surface area contributed by atoms with E-state index in [0.29, 0.717) is 30.6 Å². The Labute approximate surface area is 200 Å². The van der Waals surface area contributed by atoms with Crippen LogP contribution in [0.4, 0.5) is 0 Å². The number of nitrogens with zero attached hydrogens (tertiary/aromatic N) is 5. The molecule has 2 aromatic rings. The van der Waals surface area contributed by atoms with Crippen LogP contribution in [0.15, 0.2) is 24.0 Å². The van der Waals surface area contributed by atoms with Crippen molar-refractivity contribution >= 4 is 23.2 Å². The van der Waals surface area contributed by atoms with Crippen molar-refractivity contribution in [2.45, 2.75) is 72.2 Å². The number of fused-ring (bicyclic) bond motifs is 3. The summed E-state index contributed by atoms with van der Waals surface area (Å²) in [5, 5.41) is 5.35. The molecular formula is C25H32ClN5O2. The van der Waals surface area contributed by atoms with Gasteiger partial charge in [0.05, 0.1) is 41.1 Å². The van der Waals surface area contributed by atoms with Gasteiger partial charge in [-0.25, -0.2) is 9.50 Å². The van der Waals surface area contributed by atoms with E-state index in [1.54, 1.807) is 0 Å². The van der Waals surface area contributed by atoms with E-state index >= 15 is 0 Å². The molecule has 0 radical (unpaired) electrons. The predicted molar refractivity (Wildman–Crippen MR) is 128 cm³/mol. The molecule has 1 saturated heterocycles. The number of carbonyl (C=O) groups is 1. The maximum Gasteiger partial charge on any atom is 0.234 e. The third-order valence-electron chi connectivity index (χ3n) is 7.19. The largest absolute Gasteiger partial charge is 0.494 e. The molecule has 0 bridgehead atoms. The number of hydrogen-bond donors (Lipinski definition) is 0. The van der Waals surface area contributed by atoms with Crippen molar-refractivity contribution in [3.05, 3.63) is 51.7 Å². The minimum atomic E-state index is -0.271. The van der Waals surface area contributed by atoms with Gasteiger partial charge in [-0.1, -0.05) is 23.8 Å². The second-order valence-corrected chi connectivity index (χ2v) is 10.1. The van der Waals surface area contributed by atoms with E-state index in [9.17, 15) is 4.79 Å². The number of likely N-dealkylation sites (tertiary alicyclic amines) is 1. The predicted octanol–water partition coefficient (Wildman–Crippen LogP) is 4.19. The van der Waals surface area contributed by atoms with E-state index in [1.165, 1.54) is 0 Å². The zero-order chi connectivity index (χ0) is 23.3. The summed E-state index contributed by atoms with van der Waals surface area (Å²) in [6.07, 6.45) is 8.88. The van der Waals surface area contributed by atoms with Crippen LogP contribution in [0.1, 0.15) is 55.8 Å². The van der Waals surface area contributed by atoms with Gasteiger partial charge in [0.15, 0.2) is 5.65 Å². The molecule has 4 heterocycles. The maximum absolute atomic E-state index is 13.6. The van der Waals surface area contributed by atoms with Crippen molar-refractivity contribution in [3.63, 3.8) is 0 Å². The van der Waals surface area contributed by atoms with Crippen molar-refractivity contribution in [1.29, 1.82) is 0 Å². The minimum Gasteiger partial charge on any atom is -0.494 e. The van der Waals surface area contributed by atoms with Crippen LogP contribution < -0.4 is 0 Å². The Balaban J connectivity index is 1.29. The highest BCUT2D eigenvalue weighted by Gasteiger charge is 2.36. The van der Waals surface area contributed by atoms with Gasteiger partial charge in [-0.3, -0.25) is 4.79 Å². The molecule has 1 aliphatic carbocycles. The lowest BCUT2D eigenvalue weighted by molar-refractivity contribution is -0.136. The van der Waals surface area contributed by atoms with Gasteiger partial charge in [-0.2, -0.15) is 5.10 Å². The maximum atomic E-state index is 13.6. The standard InChI is InChI=1S/C25H32ClN5O2/c1-15(2)29-11-9-18(10-12-29)33-22-8-6-5-7-19(22)25(32)30-13-20-21(14-30)28-31-17(4)23(26)16(3)27-24(20)31/h5-6,8,15,18-19H,7,9-14H2,1-4H3. The highest BCUT2D eigenvalue weighted by Crippen LogP contribution is 2.33. The molecule has 1 unspecified atom stereocenters. The summed E-state index contributed by atoms with van der Waals surface area (Å²) in [6.45, 7) is 11.4. The Bertz CT molecular complexity index is 1140. The molecule has 7 nitrogen and oxygen atoms in total. The summed E-state index contributed by atoms with van der Waals surface area (Å²) in [6, 6.07) is 0.563. The number of halogens is 1. The van der Waals surface area contributed by atoms with E-state index in [2.05, 4.69) is 29.8 Å². The molecule has 0 N–H and O–H groups in total. The monoisotopic (exact) mass is 469 g/mol. The molecule has 0 saturated carbocycles. The highest BCUT2D eigenvalue weighted by molar-refractivity contribution is 6.31. The number of aryl methyl sites for hydroxylation is 2. The molecule has 0 aromatic carbocycles. The first-order valence-corrected chi connectivity index (χ1v) is 12.3. The Kier molecular flexibility index (Phi) is 5.95. The molecule has 1 amide bonds. The quantitative estimate of drug-likeness (QED) is 0.671. The van der Waals surface area contributed by atoms with Crippen LogP contribution in [0.25, 0.3) is 5.65 Å². The van der Waals surface area contributed by atoms with Gasteiger partial charge >= 0.3 is 0 Å². The smallest absolute Gasteiger partial charge is 0.234 e. The van der Waals surface area contributed by atoms with Gasteiger partial charge in [0.1, 0.15) is 11.9 Å². The molecule has 2 aliphatic heterocycles. The summed E-state index contributed by atoms with van der Waals surface area (Å²) >= 11 is 6.36. The molecule has 176 valence electrons. The zero-order valence-corrected chi connectivity index (χ0v) is 20.6. The number of amides is 1. The van der Waals surface area contributed by atoms with Crippen molar-refractivity contribution in [1.82, 2.24) is 24.4 Å². The Morgan fingerprint density at radius 3 is 2.70 bits per heavy atom. The van der Waals surface area contributed by atoms with Crippen LogP contribution in [0.2, 0.25) is 5.02 Å². The molecule has 8 heteroatoms. The van der Waals surface area contributed by atoms with Gasteiger partial charge in [0, 0.05) is 24.7 Å². The Hall–Kier alpha value is -2.38. The van der Waals surface area contributed by atoms with Crippen molar-refractivity contribution in [2.24, 2.45) is 5.92 Å². The van der Waals surface area contributed by atoms with E-state index in [4.69, 9.17) is 21.4 Å². The van der Waals surface area contributed by atoms with Gasteiger partial charge in [-0.15, -0.1) is 0 Å². The van der Waals surface area contributed by atoms with Gasteiger partial charge in [-0.05, 0) is 53.0 Å². The summed E-state index contributed by atoms with van der Waals surface area (Å²) < 4.78 is 8.22. The summed E-state index contributed by atoms with van der Waals surface area (Å²) in [5.41, 5.74) is 4.39. The Morgan fingerprint density at radius 1 is 1.21 bits per heavy atom. The van der Waals surface area contributed by atoms with E-state index in [1.807, 2.05) is 35.4 Å². The summed E-state index contributed by atoms with van der Waals surface area (Å²) in [7, 11) is 0. The molecular weight excluding hydrogens is 438 g/mol. The number of aromatic nitrogens is 3. The Morgan fingerprint density at radius 2 is 1.97 bits per heavy atom. The second-order valence-electron chi connectivity index (χ2n) is 9.68. The normalized spacial score (nSPS) is 21.7. The molecule has 5 rings (SSSR count). The number of hydrogen-bond acceptors (Lipinski definition) is 5. The fourth-order valence-electron chi connectivity index (χ4n) is 5.15. The van der Waals surface area contributed by atoms with Gasteiger partial charge in [0.25, 0.3) is 0 Å². The van der Waals surface area contributed by atoms with Crippen molar-refractivity contribution in [2.75, 3.05) is 13.1 Å². The summed E-state index contributed by atoms with van der Waals surface area (Å²) in [5.74, 6) is 0.636. The molecule has 0 spiro atoms. The van der Waals surface area contributed by atoms with Crippen LogP contribution in [0, 0.1) is 19.8 Å². The minimum absolute atomic E-state index is 0.101. The molecule has 2 aromatic heterocycles. The van der Waals surface area contributed by atoms with E-state index in [-0.39, 0.29) is 17.9 Å². The first-order valence-electron chi connectivity index (χ1n) is 11.9. The van der Waals surface area contributed by atoms with Crippen LogP contribution >= 0.6 is 11.6 Å². The lowest BCUT2D eigenvalue weighted by atomic mass is 9.96. The summed E-state index contributed by atoms with van der Waals surface area (Å²) in [4.78, 5) is 22.6. The number of ether oxygens (including phenoxy) is 1. The van der Waals surface area contributed by atoms with E-state index < -0.39 is 0 Å². The SMILES string of the molecule is Cc1nc2c3c(nn2c(C)c1Cl)CN(C(=O)C1CC=CC=C1OC1CCN(C(C)C)CC1)C3. The van der Waals surface area contributed by atoms with Crippen LogP contribution in [-0.4, -0.2) is 55.5 Å². The third-order valence-corrected chi connectivity index (χ3v) is 7.73. The second kappa shape index (κ2) is 8.76. The number of rotatable bonds is 4. The number of piperidine rings is 1. The third kappa shape index (κ3) is 4.06. The molecule has 1 atom stereocenters. The van der Waals surface area contributed by atoms with Gasteiger partial charge in [0.2, 0.25) is 5.91 Å². The topological polar surface area (TPSA) is 63.0 Å². The van der Waals surface area contributed by atoms with Crippen molar-refractivity contribution < 1.29 is 9.53 Å². The highest BCUT2D eigenvalue weighted by atomic mass is 35.5. The lowest BCUT2D eigenvalue weighted by Crippen LogP contribution is -2.41. The number of allylic oxidation sites excluding steroid dienone is 3. The molecule has 3 aliphatic rings. The van der Waals surface area contributed by atoms with Crippen LogP contribution in [0.3, 0.4) is 0 Å². The first-order chi connectivity index (χ1) is 15.8.